The van der Waals surface area contributed by atoms with Gasteiger partial charge in [0.2, 0.25) is 0 Å². The van der Waals surface area contributed by atoms with E-state index in [9.17, 15) is 4.79 Å². The summed E-state index contributed by atoms with van der Waals surface area (Å²) in [6, 6.07) is 6.77. The van der Waals surface area contributed by atoms with Crippen molar-refractivity contribution in [3.05, 3.63) is 24.3 Å². The predicted octanol–water partition coefficient (Wildman–Crippen LogP) is 1.15. The molecule has 1 rings (SSSR count). The van der Waals surface area contributed by atoms with Crippen molar-refractivity contribution in [3.8, 4) is 11.5 Å². The topological polar surface area (TPSA) is 61.6 Å². The van der Waals surface area contributed by atoms with Crippen LogP contribution in [0.4, 0.5) is 4.79 Å². The van der Waals surface area contributed by atoms with Crippen LogP contribution in [0.3, 0.4) is 0 Å². The predicted molar refractivity (Wildman–Crippen MR) is 43.2 cm³/mol. The molecule has 0 saturated heterocycles. The van der Waals surface area contributed by atoms with Crippen LogP contribution in [0.2, 0.25) is 0 Å². The van der Waals surface area contributed by atoms with Crippen molar-refractivity contribution in [3.63, 3.8) is 0 Å². The van der Waals surface area contributed by atoms with E-state index in [2.05, 4.69) is 4.74 Å². The zero-order valence-electron chi connectivity index (χ0n) is 6.61. The summed E-state index contributed by atoms with van der Waals surface area (Å²) < 4.78 is 9.56. The highest BCUT2D eigenvalue weighted by molar-refractivity contribution is 5.69. The third-order valence-corrected chi connectivity index (χ3v) is 1.28. The summed E-state index contributed by atoms with van der Waals surface area (Å²) in [5, 5.41) is 0. The van der Waals surface area contributed by atoms with Crippen molar-refractivity contribution >= 4 is 6.09 Å². The highest BCUT2D eigenvalue weighted by Crippen LogP contribution is 2.25. The molecule has 0 unspecified atom stereocenters. The molecule has 64 valence electrons. The standard InChI is InChI=1S/C8H9NO3/c1-11-6-4-2-3-5-7(6)12-8(9)10/h2-5H,1H3,(H2,9,10). The van der Waals surface area contributed by atoms with Crippen LogP contribution >= 0.6 is 0 Å². The Bertz CT molecular complexity index is 285. The van der Waals surface area contributed by atoms with Gasteiger partial charge in [-0.3, -0.25) is 0 Å². The quantitative estimate of drug-likeness (QED) is 0.718. The molecule has 0 spiro atoms. The Kier molecular flexibility index (Phi) is 2.53. The lowest BCUT2D eigenvalue weighted by molar-refractivity contribution is 0.208. The maximum Gasteiger partial charge on any atom is 0.410 e. The van der Waals surface area contributed by atoms with Gasteiger partial charge in [-0.2, -0.15) is 0 Å². The monoisotopic (exact) mass is 167 g/mol. The third-order valence-electron chi connectivity index (χ3n) is 1.28. The van der Waals surface area contributed by atoms with Crippen molar-refractivity contribution < 1.29 is 14.3 Å². The third kappa shape index (κ3) is 1.88. The fourth-order valence-electron chi connectivity index (χ4n) is 0.811. The van der Waals surface area contributed by atoms with Crippen LogP contribution in [0.15, 0.2) is 24.3 Å². The van der Waals surface area contributed by atoms with E-state index in [-0.39, 0.29) is 0 Å². The molecule has 1 aromatic rings. The number of hydrogen-bond acceptors (Lipinski definition) is 3. The van der Waals surface area contributed by atoms with Gasteiger partial charge >= 0.3 is 6.09 Å². The smallest absolute Gasteiger partial charge is 0.410 e. The number of carbonyl (C=O) groups excluding carboxylic acids is 1. The van der Waals surface area contributed by atoms with Gasteiger partial charge in [-0.1, -0.05) is 12.1 Å². The van der Waals surface area contributed by atoms with E-state index in [0.717, 1.165) is 0 Å². The normalized spacial score (nSPS) is 9.08. The summed E-state index contributed by atoms with van der Waals surface area (Å²) in [6.07, 6.45) is -0.848. The van der Waals surface area contributed by atoms with Gasteiger partial charge in [-0.05, 0) is 12.1 Å². The number of nitrogens with two attached hydrogens (primary N) is 1. The number of para-hydroxylation sites is 2. The molecule has 0 aliphatic carbocycles. The van der Waals surface area contributed by atoms with E-state index in [4.69, 9.17) is 10.5 Å². The van der Waals surface area contributed by atoms with Crippen LogP contribution < -0.4 is 15.2 Å². The largest absolute Gasteiger partial charge is 0.493 e. The second-order valence-corrected chi connectivity index (χ2v) is 2.07. The SMILES string of the molecule is COc1ccccc1OC(N)=O. The molecule has 0 aliphatic heterocycles. The molecular weight excluding hydrogens is 158 g/mol. The Hall–Kier alpha value is -1.71. The van der Waals surface area contributed by atoms with E-state index in [0.29, 0.717) is 11.5 Å². The lowest BCUT2D eigenvalue weighted by Crippen LogP contribution is -2.16. The van der Waals surface area contributed by atoms with Gasteiger partial charge in [0.1, 0.15) is 0 Å². The van der Waals surface area contributed by atoms with Gasteiger partial charge in [0.25, 0.3) is 0 Å². The fourth-order valence-corrected chi connectivity index (χ4v) is 0.811. The first-order valence-electron chi connectivity index (χ1n) is 3.34. The zero-order chi connectivity index (χ0) is 8.97. The first-order chi connectivity index (χ1) is 5.74. The van der Waals surface area contributed by atoms with Crippen LogP contribution in [-0.4, -0.2) is 13.2 Å². The summed E-state index contributed by atoms with van der Waals surface area (Å²) in [5.41, 5.74) is 4.83. The average Bonchev–Trinajstić information content (AvgIpc) is 2.04. The minimum atomic E-state index is -0.848. The number of hydrogen-bond donors (Lipinski definition) is 1. The molecule has 0 fully saturated rings. The number of carbonyl (C=O) groups is 1. The molecule has 4 nitrogen and oxygen atoms in total. The van der Waals surface area contributed by atoms with Crippen molar-refractivity contribution in [1.29, 1.82) is 0 Å². The maximum absolute atomic E-state index is 10.4. The van der Waals surface area contributed by atoms with Crippen molar-refractivity contribution in [1.82, 2.24) is 0 Å². The van der Waals surface area contributed by atoms with Gasteiger partial charge in [0.05, 0.1) is 7.11 Å². The van der Waals surface area contributed by atoms with Crippen LogP contribution in [-0.2, 0) is 0 Å². The molecule has 0 atom stereocenters. The first kappa shape index (κ1) is 8.39. The second kappa shape index (κ2) is 3.61. The molecule has 0 heterocycles. The Labute approximate surface area is 69.9 Å². The van der Waals surface area contributed by atoms with Gasteiger partial charge in [0, 0.05) is 0 Å². The highest BCUT2D eigenvalue weighted by Gasteiger charge is 2.04. The van der Waals surface area contributed by atoms with Crippen LogP contribution in [0.5, 0.6) is 11.5 Å². The minimum Gasteiger partial charge on any atom is -0.493 e. The van der Waals surface area contributed by atoms with Crippen molar-refractivity contribution in [2.75, 3.05) is 7.11 Å². The minimum absolute atomic E-state index is 0.326. The van der Waals surface area contributed by atoms with E-state index >= 15 is 0 Å². The fraction of sp³-hybridized carbons (Fsp3) is 0.125. The summed E-state index contributed by atoms with van der Waals surface area (Å²) >= 11 is 0. The van der Waals surface area contributed by atoms with Crippen molar-refractivity contribution in [2.24, 2.45) is 5.73 Å². The summed E-state index contributed by atoms with van der Waals surface area (Å²) in [5.74, 6) is 0.809. The molecular formula is C8H9NO3. The van der Waals surface area contributed by atoms with Gasteiger partial charge < -0.3 is 15.2 Å². The first-order valence-corrected chi connectivity index (χ1v) is 3.34. The molecule has 1 aromatic carbocycles. The lowest BCUT2D eigenvalue weighted by Gasteiger charge is -2.05. The number of primary amides is 1. The van der Waals surface area contributed by atoms with Crippen molar-refractivity contribution in [2.45, 2.75) is 0 Å². The summed E-state index contributed by atoms with van der Waals surface area (Å²) in [7, 11) is 1.49. The second-order valence-electron chi connectivity index (χ2n) is 2.07. The van der Waals surface area contributed by atoms with E-state index in [1.165, 1.54) is 7.11 Å². The Morgan fingerprint density at radius 1 is 1.33 bits per heavy atom. The van der Waals surface area contributed by atoms with Crippen LogP contribution in [0.25, 0.3) is 0 Å². The van der Waals surface area contributed by atoms with Gasteiger partial charge in [-0.15, -0.1) is 0 Å². The van der Waals surface area contributed by atoms with Gasteiger partial charge in [0.15, 0.2) is 11.5 Å². The number of amides is 1. The number of rotatable bonds is 2. The number of methoxy groups -OCH3 is 1. The molecule has 0 radical (unpaired) electrons. The van der Waals surface area contributed by atoms with Gasteiger partial charge in [-0.25, -0.2) is 4.79 Å². The highest BCUT2D eigenvalue weighted by atomic mass is 16.6. The van der Waals surface area contributed by atoms with Crippen LogP contribution in [0.1, 0.15) is 0 Å². The van der Waals surface area contributed by atoms with E-state index in [1.54, 1.807) is 24.3 Å². The van der Waals surface area contributed by atoms with E-state index < -0.39 is 6.09 Å². The molecule has 12 heavy (non-hydrogen) atoms. The molecule has 1 amide bonds. The van der Waals surface area contributed by atoms with Crippen LogP contribution in [0, 0.1) is 0 Å². The molecule has 2 N–H and O–H groups in total. The molecule has 0 saturated carbocycles. The summed E-state index contributed by atoms with van der Waals surface area (Å²) in [6.45, 7) is 0. The van der Waals surface area contributed by atoms with E-state index in [1.807, 2.05) is 0 Å². The lowest BCUT2D eigenvalue weighted by atomic mass is 10.3. The Balaban J connectivity index is 2.89. The zero-order valence-corrected chi connectivity index (χ0v) is 6.61. The Morgan fingerprint density at radius 3 is 2.42 bits per heavy atom. The molecule has 0 aromatic heterocycles. The maximum atomic E-state index is 10.4. The number of benzene rings is 1. The Morgan fingerprint density at radius 2 is 1.92 bits per heavy atom. The molecule has 4 heteroatoms. The molecule has 0 aliphatic rings. The molecule has 0 bridgehead atoms. The summed E-state index contributed by atoms with van der Waals surface area (Å²) in [4.78, 5) is 10.4. The number of ether oxygens (including phenoxy) is 2. The average molecular weight is 167 g/mol.